The standard InChI is InChI=1S/C16H31NO5/c1-2-3-4-5-6-7-10-17(13-14-18,11-8-15(19)20)12-9-16(21)22/h18H,2-14H2,1H3,(H-,19,20,21,22). The second kappa shape index (κ2) is 12.4. The number of aliphatic hydroxyl groups excluding tert-OH is 1. The number of unbranched alkanes of at least 4 members (excludes halogenated alkanes) is 5. The van der Waals surface area contributed by atoms with Gasteiger partial charge in [0.25, 0.3) is 0 Å². The van der Waals surface area contributed by atoms with Crippen LogP contribution in [0.5, 0.6) is 0 Å². The highest BCUT2D eigenvalue weighted by Crippen LogP contribution is 2.14. The van der Waals surface area contributed by atoms with Gasteiger partial charge in [-0.25, -0.2) is 0 Å². The molecule has 0 amide bonds. The van der Waals surface area contributed by atoms with Crippen LogP contribution < -0.4 is 5.11 Å². The van der Waals surface area contributed by atoms with E-state index in [1.54, 1.807) is 0 Å². The minimum Gasteiger partial charge on any atom is -0.550 e. The Balaban J connectivity index is 4.48. The molecule has 0 saturated heterocycles. The summed E-state index contributed by atoms with van der Waals surface area (Å²) < 4.78 is 0.352. The molecule has 6 nitrogen and oxygen atoms in total. The molecule has 2 N–H and O–H groups in total. The van der Waals surface area contributed by atoms with Crippen LogP contribution in [0.15, 0.2) is 0 Å². The Morgan fingerprint density at radius 3 is 2.05 bits per heavy atom. The Labute approximate surface area is 133 Å². The second-order valence-corrected chi connectivity index (χ2v) is 5.99. The lowest BCUT2D eigenvalue weighted by Gasteiger charge is -2.38. The van der Waals surface area contributed by atoms with Crippen molar-refractivity contribution in [3.8, 4) is 0 Å². The summed E-state index contributed by atoms with van der Waals surface area (Å²) in [7, 11) is 0. The molecule has 1 unspecified atom stereocenters. The number of hydrogen-bond acceptors (Lipinski definition) is 4. The second-order valence-electron chi connectivity index (χ2n) is 5.99. The van der Waals surface area contributed by atoms with E-state index in [-0.39, 0.29) is 19.4 Å². The summed E-state index contributed by atoms with van der Waals surface area (Å²) in [4.78, 5) is 21.6. The van der Waals surface area contributed by atoms with Crippen LogP contribution >= 0.6 is 0 Å². The molecule has 1 atom stereocenters. The summed E-state index contributed by atoms with van der Waals surface area (Å²) >= 11 is 0. The molecule has 0 heterocycles. The molecule has 6 heteroatoms. The molecule has 0 aromatic carbocycles. The van der Waals surface area contributed by atoms with Crippen LogP contribution in [-0.2, 0) is 9.59 Å². The Bertz CT molecular complexity index is 302. The third-order valence-electron chi connectivity index (χ3n) is 4.15. The molecule has 22 heavy (non-hydrogen) atoms. The molecule has 0 fully saturated rings. The van der Waals surface area contributed by atoms with Crippen molar-refractivity contribution in [2.45, 2.75) is 58.3 Å². The Kier molecular flexibility index (Phi) is 11.8. The molecule has 0 saturated carbocycles. The zero-order valence-electron chi connectivity index (χ0n) is 13.8. The molecule has 0 bridgehead atoms. The van der Waals surface area contributed by atoms with Crippen LogP contribution in [0.25, 0.3) is 0 Å². The van der Waals surface area contributed by atoms with Gasteiger partial charge in [0.1, 0.15) is 6.54 Å². The molecule has 0 rings (SSSR count). The molecule has 0 aliphatic carbocycles. The molecule has 0 aromatic heterocycles. The summed E-state index contributed by atoms with van der Waals surface area (Å²) in [6.45, 7) is 3.89. The maximum atomic E-state index is 10.8. The average molecular weight is 317 g/mol. The van der Waals surface area contributed by atoms with E-state index in [0.717, 1.165) is 19.3 Å². The van der Waals surface area contributed by atoms with Gasteiger partial charge in [0.05, 0.1) is 32.7 Å². The van der Waals surface area contributed by atoms with Crippen LogP contribution in [0, 0.1) is 0 Å². The smallest absolute Gasteiger partial charge is 0.309 e. The van der Waals surface area contributed by atoms with E-state index in [9.17, 15) is 19.8 Å². The minimum absolute atomic E-state index is 0.0110. The molecular weight excluding hydrogens is 286 g/mol. The number of hydrogen-bond donors (Lipinski definition) is 2. The number of carbonyl (C=O) groups is 2. The highest BCUT2D eigenvalue weighted by atomic mass is 16.4. The van der Waals surface area contributed by atoms with Crippen molar-refractivity contribution in [1.29, 1.82) is 0 Å². The van der Waals surface area contributed by atoms with E-state index in [0.29, 0.717) is 30.7 Å². The van der Waals surface area contributed by atoms with Gasteiger partial charge in [-0.2, -0.15) is 0 Å². The van der Waals surface area contributed by atoms with Crippen LogP contribution in [-0.4, -0.2) is 59.4 Å². The van der Waals surface area contributed by atoms with E-state index in [4.69, 9.17) is 5.11 Å². The first-order valence-corrected chi connectivity index (χ1v) is 8.33. The van der Waals surface area contributed by atoms with Gasteiger partial charge >= 0.3 is 5.97 Å². The van der Waals surface area contributed by atoms with Gasteiger partial charge in [0, 0.05) is 12.4 Å². The van der Waals surface area contributed by atoms with Crippen LogP contribution in [0.4, 0.5) is 0 Å². The molecule has 0 radical (unpaired) electrons. The monoisotopic (exact) mass is 317 g/mol. The highest BCUT2D eigenvalue weighted by Gasteiger charge is 2.27. The lowest BCUT2D eigenvalue weighted by Crippen LogP contribution is -2.53. The van der Waals surface area contributed by atoms with Crippen LogP contribution in [0.1, 0.15) is 58.3 Å². The predicted octanol–water partition coefficient (Wildman–Crippen LogP) is 0.771. The molecular formula is C16H31NO5. The number of nitrogens with zero attached hydrogens (tertiary/aromatic N) is 1. The van der Waals surface area contributed by atoms with Crippen molar-refractivity contribution in [3.63, 3.8) is 0 Å². The lowest BCUT2D eigenvalue weighted by atomic mass is 10.1. The van der Waals surface area contributed by atoms with E-state index in [2.05, 4.69) is 6.92 Å². The first-order valence-electron chi connectivity index (χ1n) is 8.33. The first kappa shape index (κ1) is 20.9. The van der Waals surface area contributed by atoms with E-state index < -0.39 is 11.9 Å². The van der Waals surface area contributed by atoms with Gasteiger partial charge in [-0.1, -0.05) is 32.6 Å². The molecule has 0 aliphatic rings. The van der Waals surface area contributed by atoms with Gasteiger partial charge in [-0.3, -0.25) is 4.79 Å². The zero-order chi connectivity index (χ0) is 16.8. The zero-order valence-corrected chi connectivity index (χ0v) is 13.8. The number of aliphatic hydroxyl groups is 1. The van der Waals surface area contributed by atoms with Crippen molar-refractivity contribution in [1.82, 2.24) is 0 Å². The summed E-state index contributed by atoms with van der Waals surface area (Å²) in [6.07, 6.45) is 6.63. The van der Waals surface area contributed by atoms with Crippen molar-refractivity contribution < 1.29 is 29.4 Å². The number of aliphatic carboxylic acids is 2. The first-order chi connectivity index (χ1) is 10.5. The van der Waals surface area contributed by atoms with Gasteiger partial charge in [0.15, 0.2) is 0 Å². The number of carboxylic acid groups (broad SMARTS) is 2. The number of carbonyl (C=O) groups excluding carboxylic acids is 1. The number of carboxylic acids is 2. The minimum atomic E-state index is -1.13. The molecule has 0 aromatic rings. The summed E-state index contributed by atoms with van der Waals surface area (Å²) in [5.41, 5.74) is 0. The topological polar surface area (TPSA) is 97.7 Å². The van der Waals surface area contributed by atoms with Gasteiger partial charge in [-0.05, 0) is 12.8 Å². The van der Waals surface area contributed by atoms with E-state index >= 15 is 0 Å². The van der Waals surface area contributed by atoms with Crippen LogP contribution in [0.2, 0.25) is 0 Å². The summed E-state index contributed by atoms with van der Waals surface area (Å²) in [5.74, 6) is -2.02. The van der Waals surface area contributed by atoms with E-state index in [1.165, 1.54) is 19.3 Å². The summed E-state index contributed by atoms with van der Waals surface area (Å²) in [6, 6.07) is 0. The SMILES string of the molecule is CCCCCCCC[N+](CCO)(CCC(=O)[O-])CCC(=O)O. The fraction of sp³-hybridized carbons (Fsp3) is 0.875. The Morgan fingerprint density at radius 2 is 1.50 bits per heavy atom. The van der Waals surface area contributed by atoms with Crippen molar-refractivity contribution >= 4 is 11.9 Å². The lowest BCUT2D eigenvalue weighted by molar-refractivity contribution is -0.927. The highest BCUT2D eigenvalue weighted by molar-refractivity contribution is 5.66. The van der Waals surface area contributed by atoms with Crippen molar-refractivity contribution in [2.75, 3.05) is 32.8 Å². The Hall–Kier alpha value is -1.14. The molecule has 130 valence electrons. The van der Waals surface area contributed by atoms with Gasteiger partial charge in [0.2, 0.25) is 0 Å². The van der Waals surface area contributed by atoms with Crippen molar-refractivity contribution in [3.05, 3.63) is 0 Å². The van der Waals surface area contributed by atoms with Crippen LogP contribution in [0.3, 0.4) is 0 Å². The number of rotatable bonds is 15. The van der Waals surface area contributed by atoms with E-state index in [1.807, 2.05) is 0 Å². The van der Waals surface area contributed by atoms with Crippen molar-refractivity contribution in [2.24, 2.45) is 0 Å². The molecule has 0 spiro atoms. The third-order valence-corrected chi connectivity index (χ3v) is 4.15. The predicted molar refractivity (Wildman–Crippen MR) is 82.1 cm³/mol. The number of quaternary nitrogens is 1. The normalized spacial score (nSPS) is 13.7. The summed E-state index contributed by atoms with van der Waals surface area (Å²) in [5, 5.41) is 28.9. The average Bonchev–Trinajstić information content (AvgIpc) is 2.46. The largest absolute Gasteiger partial charge is 0.550 e. The fourth-order valence-corrected chi connectivity index (χ4v) is 2.77. The van der Waals surface area contributed by atoms with Gasteiger partial charge in [-0.15, -0.1) is 0 Å². The van der Waals surface area contributed by atoms with Gasteiger partial charge < -0.3 is 24.6 Å². The third kappa shape index (κ3) is 10.6. The maximum Gasteiger partial charge on any atom is 0.309 e. The quantitative estimate of drug-likeness (QED) is 0.343. The Morgan fingerprint density at radius 1 is 0.909 bits per heavy atom. The fourth-order valence-electron chi connectivity index (χ4n) is 2.77. The maximum absolute atomic E-state index is 10.8. The molecule has 0 aliphatic heterocycles.